The van der Waals surface area contributed by atoms with E-state index in [0.29, 0.717) is 12.6 Å². The Kier molecular flexibility index (Phi) is 6.35. The van der Waals surface area contributed by atoms with Gasteiger partial charge < -0.3 is 15.4 Å². The van der Waals surface area contributed by atoms with Crippen LogP contribution in [0.5, 0.6) is 0 Å². The summed E-state index contributed by atoms with van der Waals surface area (Å²) in [5.41, 5.74) is 5.56. The predicted molar refractivity (Wildman–Crippen MR) is 93.7 cm³/mol. The van der Waals surface area contributed by atoms with Crippen LogP contribution in [0.1, 0.15) is 36.0 Å². The van der Waals surface area contributed by atoms with Crippen LogP contribution in [-0.4, -0.2) is 49.7 Å². The van der Waals surface area contributed by atoms with Crippen molar-refractivity contribution in [2.45, 2.75) is 49.9 Å². The van der Waals surface area contributed by atoms with Crippen molar-refractivity contribution >= 4 is 11.8 Å². The molecule has 0 aromatic heterocycles. The fourth-order valence-corrected chi connectivity index (χ4v) is 3.55. The molecule has 2 unspecified atom stereocenters. The molecule has 9 heteroatoms. The van der Waals surface area contributed by atoms with Gasteiger partial charge in [0, 0.05) is 31.3 Å². The molecule has 2 amide bonds. The lowest BCUT2D eigenvalue weighted by atomic mass is 9.92. The number of hydrogen-bond donors (Lipinski definition) is 4. The van der Waals surface area contributed by atoms with Gasteiger partial charge in [0.2, 0.25) is 5.91 Å². The van der Waals surface area contributed by atoms with E-state index < -0.39 is 29.6 Å². The van der Waals surface area contributed by atoms with Crippen LogP contribution in [0.3, 0.4) is 0 Å². The second-order valence-electron chi connectivity index (χ2n) is 6.96. The van der Waals surface area contributed by atoms with Gasteiger partial charge in [0.1, 0.15) is 17.7 Å². The molecule has 2 atom stereocenters. The molecule has 1 saturated heterocycles. The van der Waals surface area contributed by atoms with Gasteiger partial charge in [-0.15, -0.1) is 0 Å². The molecule has 27 heavy (non-hydrogen) atoms. The first kappa shape index (κ1) is 19.7. The number of nitrogens with one attached hydrogen (secondary N) is 4. The van der Waals surface area contributed by atoms with Crippen molar-refractivity contribution in [1.29, 1.82) is 0 Å². The van der Waals surface area contributed by atoms with Crippen LogP contribution >= 0.6 is 0 Å². The lowest BCUT2D eigenvalue weighted by Gasteiger charge is -2.29. The minimum atomic E-state index is -0.830. The van der Waals surface area contributed by atoms with Crippen molar-refractivity contribution in [2.75, 3.05) is 13.7 Å². The van der Waals surface area contributed by atoms with Crippen molar-refractivity contribution < 1.29 is 23.1 Å². The second kappa shape index (κ2) is 8.73. The Morgan fingerprint density at radius 1 is 1.07 bits per heavy atom. The molecule has 2 fully saturated rings. The number of carbonyl (C=O) groups is 2. The monoisotopic (exact) mass is 382 g/mol. The Morgan fingerprint density at radius 3 is 2.37 bits per heavy atom. The van der Waals surface area contributed by atoms with E-state index >= 15 is 0 Å². The summed E-state index contributed by atoms with van der Waals surface area (Å²) in [5.74, 6) is -2.52. The number of methoxy groups -OCH3 is 1. The Bertz CT molecular complexity index is 675. The molecule has 4 N–H and O–H groups in total. The minimum Gasteiger partial charge on any atom is -0.381 e. The molecular weight excluding hydrogens is 358 g/mol. The van der Waals surface area contributed by atoms with Crippen molar-refractivity contribution in [1.82, 2.24) is 21.5 Å². The molecule has 2 aliphatic rings. The largest absolute Gasteiger partial charge is 0.381 e. The van der Waals surface area contributed by atoms with Gasteiger partial charge in [-0.2, -0.15) is 0 Å². The first-order chi connectivity index (χ1) is 13.0. The van der Waals surface area contributed by atoms with E-state index in [1.807, 2.05) is 0 Å². The first-order valence-corrected chi connectivity index (χ1v) is 9.05. The van der Waals surface area contributed by atoms with Crippen molar-refractivity contribution in [3.63, 3.8) is 0 Å². The number of hydrogen-bond acceptors (Lipinski definition) is 5. The lowest BCUT2D eigenvalue weighted by molar-refractivity contribution is -0.124. The van der Waals surface area contributed by atoms with Gasteiger partial charge in [-0.1, -0.05) is 0 Å². The molecule has 0 bridgehead atoms. The number of halogens is 2. The average Bonchev–Trinajstić information content (AvgIpc) is 3.09. The van der Waals surface area contributed by atoms with Gasteiger partial charge in [0.15, 0.2) is 0 Å². The lowest BCUT2D eigenvalue weighted by Crippen LogP contribution is -2.55. The normalized spacial score (nSPS) is 28.0. The summed E-state index contributed by atoms with van der Waals surface area (Å²) < 4.78 is 31.9. The fraction of sp³-hybridized carbons (Fsp3) is 0.556. The number of amides is 2. The standard InChI is InChI=1S/C18H24F2N4O3/c1-27-14-4-2-13(3-5-14)22-18(26)16-15(9-21-24-16)23-17(25)10-6-11(19)8-12(20)7-10/h6-8,13-16,21,24H,2-5,9H2,1H3,(H,22,26)(H,23,25). The summed E-state index contributed by atoms with van der Waals surface area (Å²) in [6.45, 7) is 0.317. The molecule has 148 valence electrons. The third-order valence-electron chi connectivity index (χ3n) is 5.06. The SMILES string of the molecule is COC1CCC(NC(=O)C2NNCC2NC(=O)c2cc(F)cc(F)c2)CC1. The van der Waals surface area contributed by atoms with Gasteiger partial charge in [0.05, 0.1) is 12.1 Å². The van der Waals surface area contributed by atoms with Crippen molar-refractivity contribution in [2.24, 2.45) is 0 Å². The highest BCUT2D eigenvalue weighted by Gasteiger charge is 2.35. The third kappa shape index (κ3) is 5.00. The molecular formula is C18H24F2N4O3. The maximum atomic E-state index is 13.3. The summed E-state index contributed by atoms with van der Waals surface area (Å²) in [7, 11) is 1.69. The van der Waals surface area contributed by atoms with Crippen LogP contribution in [0.25, 0.3) is 0 Å². The zero-order valence-electron chi connectivity index (χ0n) is 15.1. The molecule has 1 heterocycles. The van der Waals surface area contributed by atoms with E-state index in [2.05, 4.69) is 21.5 Å². The maximum Gasteiger partial charge on any atom is 0.251 e. The third-order valence-corrected chi connectivity index (χ3v) is 5.06. The highest BCUT2D eigenvalue weighted by atomic mass is 19.1. The highest BCUT2D eigenvalue weighted by Crippen LogP contribution is 2.21. The van der Waals surface area contributed by atoms with Gasteiger partial charge >= 0.3 is 0 Å². The molecule has 0 radical (unpaired) electrons. The summed E-state index contributed by atoms with van der Waals surface area (Å²) in [6, 6.07) is 1.46. The summed E-state index contributed by atoms with van der Waals surface area (Å²) in [6.07, 6.45) is 3.70. The Morgan fingerprint density at radius 2 is 1.74 bits per heavy atom. The molecule has 3 rings (SSSR count). The number of ether oxygens (including phenoxy) is 1. The minimum absolute atomic E-state index is 0.0694. The van der Waals surface area contributed by atoms with Gasteiger partial charge in [0.25, 0.3) is 5.91 Å². The van der Waals surface area contributed by atoms with Crippen LogP contribution < -0.4 is 21.5 Å². The Labute approximate surface area is 156 Å². The van der Waals surface area contributed by atoms with E-state index in [4.69, 9.17) is 4.74 Å². The molecule has 1 aromatic carbocycles. The first-order valence-electron chi connectivity index (χ1n) is 9.05. The van der Waals surface area contributed by atoms with E-state index in [0.717, 1.165) is 37.8 Å². The number of benzene rings is 1. The zero-order valence-corrected chi connectivity index (χ0v) is 15.1. The molecule has 1 saturated carbocycles. The van der Waals surface area contributed by atoms with E-state index in [1.54, 1.807) is 7.11 Å². The van der Waals surface area contributed by atoms with Crippen LogP contribution in [0.4, 0.5) is 8.78 Å². The summed E-state index contributed by atoms with van der Waals surface area (Å²) in [5, 5.41) is 5.65. The molecule has 0 spiro atoms. The Hall–Kier alpha value is -2.10. The topological polar surface area (TPSA) is 91.5 Å². The predicted octanol–water partition coefficient (Wildman–Crippen LogP) is 0.613. The maximum absolute atomic E-state index is 13.3. The van der Waals surface area contributed by atoms with Gasteiger partial charge in [-0.3, -0.25) is 15.0 Å². The Balaban J connectivity index is 1.56. The van der Waals surface area contributed by atoms with E-state index in [-0.39, 0.29) is 23.6 Å². The number of carbonyl (C=O) groups excluding carboxylic acids is 2. The van der Waals surface area contributed by atoms with Crippen LogP contribution in [0.15, 0.2) is 18.2 Å². The van der Waals surface area contributed by atoms with Crippen molar-refractivity contribution in [3.05, 3.63) is 35.4 Å². The molecule has 7 nitrogen and oxygen atoms in total. The summed E-state index contributed by atoms with van der Waals surface area (Å²) >= 11 is 0. The van der Waals surface area contributed by atoms with Crippen LogP contribution in [0.2, 0.25) is 0 Å². The average molecular weight is 382 g/mol. The van der Waals surface area contributed by atoms with Crippen LogP contribution in [-0.2, 0) is 9.53 Å². The smallest absolute Gasteiger partial charge is 0.251 e. The molecule has 1 aliphatic carbocycles. The van der Waals surface area contributed by atoms with Gasteiger partial charge in [-0.05, 0) is 37.8 Å². The molecule has 1 aliphatic heterocycles. The van der Waals surface area contributed by atoms with Crippen LogP contribution in [0, 0.1) is 11.6 Å². The quantitative estimate of drug-likeness (QED) is 0.599. The van der Waals surface area contributed by atoms with Gasteiger partial charge in [-0.25, -0.2) is 14.2 Å². The van der Waals surface area contributed by atoms with Crippen molar-refractivity contribution in [3.8, 4) is 0 Å². The highest BCUT2D eigenvalue weighted by molar-refractivity contribution is 5.95. The molecule has 1 aromatic rings. The number of rotatable bonds is 5. The van der Waals surface area contributed by atoms with E-state index in [9.17, 15) is 18.4 Å². The zero-order chi connectivity index (χ0) is 19.4. The summed E-state index contributed by atoms with van der Waals surface area (Å²) in [4.78, 5) is 24.9. The second-order valence-corrected chi connectivity index (χ2v) is 6.96. The fourth-order valence-electron chi connectivity index (χ4n) is 3.55. The van der Waals surface area contributed by atoms with E-state index in [1.165, 1.54) is 0 Å². The number of hydrazine groups is 1.